The standard InChI is InChI=1S/C27H35N3O7/c1-16-17(2)26(34)37-25-18(3)21(8-7-20(16)25)36-15-23(32)28-12-22(31)29-13-24(33)30-11-10-27(35)9-5-4-6-19(27)14-30/h7-8,19,35H,4-6,9-15H2,1-3H3,(H,28,32)(H,29,31)/t19-,27+/m1/s1. The smallest absolute Gasteiger partial charge is 0.339 e. The Morgan fingerprint density at radius 2 is 1.81 bits per heavy atom. The number of carbonyl (C=O) groups excluding carboxylic acids is 3. The molecule has 1 saturated carbocycles. The van der Waals surface area contributed by atoms with Crippen LogP contribution in [0.5, 0.6) is 5.75 Å². The van der Waals surface area contributed by atoms with Gasteiger partial charge in [0.05, 0.1) is 18.7 Å². The van der Waals surface area contributed by atoms with Crippen LogP contribution in [0.2, 0.25) is 0 Å². The third-order valence-electron chi connectivity index (χ3n) is 7.85. The number of amides is 3. The van der Waals surface area contributed by atoms with Crippen molar-refractivity contribution in [3.05, 3.63) is 39.2 Å². The Balaban J connectivity index is 1.21. The van der Waals surface area contributed by atoms with Gasteiger partial charge in [-0.15, -0.1) is 0 Å². The SMILES string of the molecule is Cc1c(C)c2ccc(OCC(=O)NCC(=O)NCC(=O)N3CC[C@@]4(O)CCCC[C@@H]4C3)c(C)c2oc1=O. The van der Waals surface area contributed by atoms with Crippen LogP contribution in [0.3, 0.4) is 0 Å². The number of carbonyl (C=O) groups is 3. The Bertz CT molecular complexity index is 1270. The quantitative estimate of drug-likeness (QED) is 0.477. The molecule has 200 valence electrons. The molecule has 4 rings (SSSR count). The summed E-state index contributed by atoms with van der Waals surface area (Å²) in [6, 6.07) is 3.49. The molecule has 10 nitrogen and oxygen atoms in total. The molecule has 1 aliphatic heterocycles. The van der Waals surface area contributed by atoms with Gasteiger partial charge in [0.1, 0.15) is 11.3 Å². The van der Waals surface area contributed by atoms with E-state index in [0.717, 1.165) is 36.6 Å². The number of rotatable bonds is 7. The van der Waals surface area contributed by atoms with E-state index in [0.29, 0.717) is 42.0 Å². The normalized spacial score (nSPS) is 21.3. The zero-order valence-electron chi connectivity index (χ0n) is 21.6. The molecule has 2 aliphatic rings. The third-order valence-corrected chi connectivity index (χ3v) is 7.85. The molecule has 0 radical (unpaired) electrons. The van der Waals surface area contributed by atoms with Crippen LogP contribution < -0.4 is 21.0 Å². The van der Waals surface area contributed by atoms with Gasteiger partial charge in [0, 0.05) is 35.5 Å². The van der Waals surface area contributed by atoms with E-state index in [1.54, 1.807) is 30.9 Å². The van der Waals surface area contributed by atoms with Crippen molar-refractivity contribution in [2.24, 2.45) is 5.92 Å². The molecule has 2 atom stereocenters. The van der Waals surface area contributed by atoms with Gasteiger partial charge in [0.15, 0.2) is 6.61 Å². The number of aryl methyl sites for hydroxylation is 2. The van der Waals surface area contributed by atoms with E-state index in [2.05, 4.69) is 10.6 Å². The topological polar surface area (TPSA) is 138 Å². The summed E-state index contributed by atoms with van der Waals surface area (Å²) in [5.74, 6) is -0.697. The van der Waals surface area contributed by atoms with E-state index in [1.165, 1.54) is 0 Å². The van der Waals surface area contributed by atoms with Crippen LogP contribution in [0.4, 0.5) is 0 Å². The van der Waals surface area contributed by atoms with Crippen molar-refractivity contribution in [3.63, 3.8) is 0 Å². The van der Waals surface area contributed by atoms with Crippen molar-refractivity contribution in [2.45, 2.75) is 58.5 Å². The Labute approximate surface area is 215 Å². The van der Waals surface area contributed by atoms with Crippen molar-refractivity contribution in [1.29, 1.82) is 0 Å². The summed E-state index contributed by atoms with van der Waals surface area (Å²) < 4.78 is 11.0. The van der Waals surface area contributed by atoms with E-state index in [4.69, 9.17) is 9.15 Å². The molecule has 0 unspecified atom stereocenters. The second-order valence-electron chi connectivity index (χ2n) is 10.2. The largest absolute Gasteiger partial charge is 0.483 e. The number of nitrogens with zero attached hydrogens (tertiary/aromatic N) is 1. The van der Waals surface area contributed by atoms with E-state index in [9.17, 15) is 24.3 Å². The minimum Gasteiger partial charge on any atom is -0.483 e. The number of fused-ring (bicyclic) bond motifs is 2. The Kier molecular flexibility index (Phi) is 7.87. The van der Waals surface area contributed by atoms with E-state index in [1.807, 2.05) is 6.92 Å². The van der Waals surface area contributed by atoms with Crippen LogP contribution in [0.25, 0.3) is 11.0 Å². The maximum Gasteiger partial charge on any atom is 0.339 e. The molecule has 2 heterocycles. The van der Waals surface area contributed by atoms with Gasteiger partial charge in [-0.25, -0.2) is 4.79 Å². The minimum absolute atomic E-state index is 0.0874. The van der Waals surface area contributed by atoms with Crippen molar-refractivity contribution < 1.29 is 28.6 Å². The number of aliphatic hydroxyl groups is 1. The highest BCUT2D eigenvalue weighted by Gasteiger charge is 2.43. The maximum atomic E-state index is 12.6. The lowest BCUT2D eigenvalue weighted by Gasteiger charge is -2.47. The molecule has 1 aromatic carbocycles. The van der Waals surface area contributed by atoms with Crippen molar-refractivity contribution in [3.8, 4) is 5.75 Å². The fourth-order valence-electron chi connectivity index (χ4n) is 5.30. The van der Waals surface area contributed by atoms with Gasteiger partial charge in [-0.2, -0.15) is 0 Å². The first-order valence-corrected chi connectivity index (χ1v) is 12.8. The second-order valence-corrected chi connectivity index (χ2v) is 10.2. The molecule has 3 amide bonds. The van der Waals surface area contributed by atoms with Crippen molar-refractivity contribution in [2.75, 3.05) is 32.8 Å². The predicted molar refractivity (Wildman–Crippen MR) is 136 cm³/mol. The monoisotopic (exact) mass is 513 g/mol. The number of hydrogen-bond donors (Lipinski definition) is 3. The molecule has 1 aromatic heterocycles. The maximum absolute atomic E-state index is 12.6. The van der Waals surface area contributed by atoms with Gasteiger partial charge in [-0.1, -0.05) is 12.8 Å². The summed E-state index contributed by atoms with van der Waals surface area (Å²) in [6.45, 7) is 5.52. The van der Waals surface area contributed by atoms with Crippen LogP contribution in [-0.2, 0) is 14.4 Å². The van der Waals surface area contributed by atoms with Crippen LogP contribution in [0.1, 0.15) is 48.8 Å². The number of hydrogen-bond acceptors (Lipinski definition) is 7. The van der Waals surface area contributed by atoms with Crippen LogP contribution >= 0.6 is 0 Å². The highest BCUT2D eigenvalue weighted by Crippen LogP contribution is 2.39. The predicted octanol–water partition coefficient (Wildman–Crippen LogP) is 1.48. The fourth-order valence-corrected chi connectivity index (χ4v) is 5.30. The Morgan fingerprint density at radius 1 is 1.05 bits per heavy atom. The lowest BCUT2D eigenvalue weighted by atomic mass is 9.71. The molecule has 10 heteroatoms. The Morgan fingerprint density at radius 3 is 2.59 bits per heavy atom. The molecular weight excluding hydrogens is 478 g/mol. The minimum atomic E-state index is -0.665. The van der Waals surface area contributed by atoms with Gasteiger partial charge in [-0.3, -0.25) is 14.4 Å². The number of nitrogens with one attached hydrogen (secondary N) is 2. The highest BCUT2D eigenvalue weighted by atomic mass is 16.5. The third kappa shape index (κ3) is 5.79. The van der Waals surface area contributed by atoms with Crippen molar-refractivity contribution in [1.82, 2.24) is 15.5 Å². The average Bonchev–Trinajstić information content (AvgIpc) is 2.88. The van der Waals surface area contributed by atoms with E-state index < -0.39 is 23.0 Å². The van der Waals surface area contributed by atoms with Gasteiger partial charge < -0.3 is 29.8 Å². The number of ether oxygens (including phenoxy) is 1. The molecule has 37 heavy (non-hydrogen) atoms. The van der Waals surface area contributed by atoms with E-state index >= 15 is 0 Å². The number of piperidine rings is 1. The average molecular weight is 514 g/mol. The number of benzene rings is 1. The lowest BCUT2D eigenvalue weighted by molar-refractivity contribution is -0.143. The Hall–Kier alpha value is -3.40. The van der Waals surface area contributed by atoms with E-state index in [-0.39, 0.29) is 31.5 Å². The molecule has 2 aromatic rings. The van der Waals surface area contributed by atoms with Crippen molar-refractivity contribution >= 4 is 28.7 Å². The first kappa shape index (κ1) is 26.7. The van der Waals surface area contributed by atoms with Gasteiger partial charge >= 0.3 is 5.63 Å². The zero-order chi connectivity index (χ0) is 26.7. The summed E-state index contributed by atoms with van der Waals surface area (Å²) in [5.41, 5.74) is 1.32. The molecule has 2 fully saturated rings. The highest BCUT2D eigenvalue weighted by molar-refractivity contribution is 5.89. The first-order chi connectivity index (χ1) is 17.6. The fraction of sp³-hybridized carbons (Fsp3) is 0.556. The summed E-state index contributed by atoms with van der Waals surface area (Å²) in [5, 5.41) is 16.6. The van der Waals surface area contributed by atoms with Gasteiger partial charge in [0.2, 0.25) is 11.8 Å². The molecule has 0 spiro atoms. The second kappa shape index (κ2) is 10.9. The van der Waals surface area contributed by atoms with Crippen LogP contribution in [0.15, 0.2) is 21.3 Å². The van der Waals surface area contributed by atoms with Gasteiger partial charge in [0.25, 0.3) is 5.91 Å². The van der Waals surface area contributed by atoms with Crippen LogP contribution in [0, 0.1) is 26.7 Å². The first-order valence-electron chi connectivity index (χ1n) is 12.8. The summed E-state index contributed by atoms with van der Waals surface area (Å²) in [6.07, 6.45) is 4.34. The molecular formula is C27H35N3O7. The van der Waals surface area contributed by atoms with Crippen LogP contribution in [-0.4, -0.2) is 66.1 Å². The number of likely N-dealkylation sites (tertiary alicyclic amines) is 1. The molecule has 3 N–H and O–H groups in total. The summed E-state index contributed by atoms with van der Waals surface area (Å²) in [4.78, 5) is 50.7. The lowest BCUT2D eigenvalue weighted by Crippen LogP contribution is -2.56. The molecule has 0 bridgehead atoms. The zero-order valence-corrected chi connectivity index (χ0v) is 21.6. The summed E-state index contributed by atoms with van der Waals surface area (Å²) in [7, 11) is 0. The summed E-state index contributed by atoms with van der Waals surface area (Å²) >= 11 is 0. The molecule has 1 saturated heterocycles. The molecule has 1 aliphatic carbocycles. The van der Waals surface area contributed by atoms with Gasteiger partial charge in [-0.05, 0) is 57.7 Å².